The Morgan fingerprint density at radius 2 is 2.08 bits per heavy atom. The third kappa shape index (κ3) is 2.72. The third-order valence-electron chi connectivity index (χ3n) is 3.96. The molecule has 0 aliphatic carbocycles. The minimum atomic E-state index is -0.173. The van der Waals surface area contributed by atoms with Gasteiger partial charge in [0.1, 0.15) is 5.52 Å². The molecule has 2 N–H and O–H groups in total. The van der Waals surface area contributed by atoms with E-state index in [1.165, 1.54) is 9.47 Å². The molecule has 0 aliphatic heterocycles. The molecule has 0 atom stereocenters. The maximum absolute atomic E-state index is 12.4. The van der Waals surface area contributed by atoms with Crippen LogP contribution in [0.4, 0.5) is 0 Å². The lowest BCUT2D eigenvalue weighted by atomic mass is 10.0. The van der Waals surface area contributed by atoms with Crippen molar-refractivity contribution in [1.29, 1.82) is 0 Å². The molecule has 2 heterocycles. The van der Waals surface area contributed by atoms with Gasteiger partial charge in [-0.3, -0.25) is 9.59 Å². The average Bonchev–Trinajstić information content (AvgIpc) is 3.07. The van der Waals surface area contributed by atoms with Crippen LogP contribution in [0.3, 0.4) is 0 Å². The number of rotatable bonds is 4. The standard InChI is InChI=1S/C18H19N3O3/c1-20(2)17(23)13-5-3-4-12(10-13)15-11-21(8-9-22)18(24)16-14(15)6-7-19-16/h3-7,10-11,19,22H,8-9H2,1-2H3. The van der Waals surface area contributed by atoms with E-state index >= 15 is 0 Å². The van der Waals surface area contributed by atoms with E-state index < -0.39 is 0 Å². The number of pyridine rings is 1. The van der Waals surface area contributed by atoms with Crippen LogP contribution < -0.4 is 5.56 Å². The number of hydrogen-bond acceptors (Lipinski definition) is 3. The van der Waals surface area contributed by atoms with Crippen molar-refractivity contribution in [3.8, 4) is 11.1 Å². The first-order chi connectivity index (χ1) is 11.5. The Hall–Kier alpha value is -2.86. The van der Waals surface area contributed by atoms with Gasteiger partial charge in [-0.05, 0) is 23.8 Å². The van der Waals surface area contributed by atoms with Crippen molar-refractivity contribution in [2.45, 2.75) is 6.54 Å². The number of H-pyrrole nitrogens is 1. The van der Waals surface area contributed by atoms with Gasteiger partial charge in [0.2, 0.25) is 0 Å². The van der Waals surface area contributed by atoms with Crippen molar-refractivity contribution in [2.24, 2.45) is 0 Å². The van der Waals surface area contributed by atoms with Crippen LogP contribution in [0.1, 0.15) is 10.4 Å². The van der Waals surface area contributed by atoms with E-state index in [-0.39, 0.29) is 24.6 Å². The third-order valence-corrected chi connectivity index (χ3v) is 3.96. The molecule has 6 heteroatoms. The zero-order chi connectivity index (χ0) is 17.3. The molecule has 0 aliphatic rings. The summed E-state index contributed by atoms with van der Waals surface area (Å²) in [6, 6.07) is 9.16. The van der Waals surface area contributed by atoms with E-state index in [0.717, 1.165) is 16.5 Å². The zero-order valence-electron chi connectivity index (χ0n) is 13.6. The number of aromatic nitrogens is 2. The van der Waals surface area contributed by atoms with Gasteiger partial charge in [-0.15, -0.1) is 0 Å². The second-order valence-corrected chi connectivity index (χ2v) is 5.81. The number of nitrogens with one attached hydrogen (secondary N) is 1. The van der Waals surface area contributed by atoms with Crippen molar-refractivity contribution < 1.29 is 9.90 Å². The molecule has 2 aromatic heterocycles. The van der Waals surface area contributed by atoms with E-state index in [1.54, 1.807) is 32.6 Å². The fraction of sp³-hybridized carbons (Fsp3) is 0.222. The van der Waals surface area contributed by atoms with Gasteiger partial charge >= 0.3 is 0 Å². The highest BCUT2D eigenvalue weighted by Crippen LogP contribution is 2.27. The summed E-state index contributed by atoms with van der Waals surface area (Å²) >= 11 is 0. The maximum atomic E-state index is 12.4. The van der Waals surface area contributed by atoms with Crippen LogP contribution in [0, 0.1) is 0 Å². The maximum Gasteiger partial charge on any atom is 0.274 e. The van der Waals surface area contributed by atoms with Gasteiger partial charge in [0.05, 0.1) is 6.61 Å². The molecule has 124 valence electrons. The smallest absolute Gasteiger partial charge is 0.274 e. The van der Waals surface area contributed by atoms with Gasteiger partial charge in [0, 0.05) is 49.5 Å². The summed E-state index contributed by atoms with van der Waals surface area (Å²) in [5, 5.41) is 9.98. The number of benzene rings is 1. The number of nitrogens with zero attached hydrogens (tertiary/aromatic N) is 2. The normalized spacial score (nSPS) is 11.0. The molecule has 0 spiro atoms. The highest BCUT2D eigenvalue weighted by Gasteiger charge is 2.14. The summed E-state index contributed by atoms with van der Waals surface area (Å²) in [5.41, 5.74) is 2.59. The minimum absolute atomic E-state index is 0.0779. The second-order valence-electron chi connectivity index (χ2n) is 5.81. The monoisotopic (exact) mass is 325 g/mol. The first-order valence-corrected chi connectivity index (χ1v) is 7.66. The van der Waals surface area contributed by atoms with Crippen LogP contribution in [-0.2, 0) is 6.54 Å². The molecule has 0 radical (unpaired) electrons. The number of amides is 1. The zero-order valence-corrected chi connectivity index (χ0v) is 13.6. The fourth-order valence-corrected chi connectivity index (χ4v) is 2.78. The average molecular weight is 325 g/mol. The molecule has 24 heavy (non-hydrogen) atoms. The summed E-state index contributed by atoms with van der Waals surface area (Å²) in [4.78, 5) is 29.1. The first kappa shape index (κ1) is 16.0. The van der Waals surface area contributed by atoms with Crippen LogP contribution in [0.15, 0.2) is 47.5 Å². The molecule has 0 saturated carbocycles. The van der Waals surface area contributed by atoms with Gasteiger partial charge < -0.3 is 19.6 Å². The summed E-state index contributed by atoms with van der Waals surface area (Å²) < 4.78 is 1.48. The molecule has 1 aromatic carbocycles. The molecule has 0 fully saturated rings. The first-order valence-electron chi connectivity index (χ1n) is 7.66. The number of aliphatic hydroxyl groups is 1. The highest BCUT2D eigenvalue weighted by atomic mass is 16.3. The highest BCUT2D eigenvalue weighted by molar-refractivity contribution is 5.98. The lowest BCUT2D eigenvalue weighted by Gasteiger charge is -2.13. The number of fused-ring (bicyclic) bond motifs is 1. The lowest BCUT2D eigenvalue weighted by molar-refractivity contribution is 0.0827. The van der Waals surface area contributed by atoms with Crippen molar-refractivity contribution in [3.05, 3.63) is 58.6 Å². The van der Waals surface area contributed by atoms with Gasteiger partial charge in [-0.2, -0.15) is 0 Å². The Labute approximate surface area is 139 Å². The summed E-state index contributed by atoms with van der Waals surface area (Å²) in [7, 11) is 3.42. The quantitative estimate of drug-likeness (QED) is 0.766. The van der Waals surface area contributed by atoms with Crippen molar-refractivity contribution in [2.75, 3.05) is 20.7 Å². The summed E-state index contributed by atoms with van der Waals surface area (Å²) in [5.74, 6) is -0.0779. The molecule has 0 bridgehead atoms. The molecule has 3 aromatic rings. The van der Waals surface area contributed by atoms with Crippen molar-refractivity contribution in [3.63, 3.8) is 0 Å². The summed E-state index contributed by atoms with van der Waals surface area (Å²) in [6.45, 7) is 0.0990. The fourth-order valence-electron chi connectivity index (χ4n) is 2.78. The Kier molecular flexibility index (Phi) is 4.22. The molecule has 6 nitrogen and oxygen atoms in total. The van der Waals surface area contributed by atoms with E-state index in [2.05, 4.69) is 4.98 Å². The number of carbonyl (C=O) groups excluding carboxylic acids is 1. The van der Waals surface area contributed by atoms with Gasteiger partial charge in [0.25, 0.3) is 11.5 Å². The molecule has 3 rings (SSSR count). The molecule has 0 unspecified atom stereocenters. The molecule has 0 saturated heterocycles. The lowest BCUT2D eigenvalue weighted by Crippen LogP contribution is -2.22. The summed E-state index contributed by atoms with van der Waals surface area (Å²) in [6.07, 6.45) is 3.45. The largest absolute Gasteiger partial charge is 0.395 e. The van der Waals surface area contributed by atoms with Crippen LogP contribution in [-0.4, -0.2) is 46.2 Å². The number of hydrogen-bond donors (Lipinski definition) is 2. The Morgan fingerprint density at radius 3 is 2.79 bits per heavy atom. The van der Waals surface area contributed by atoms with E-state index in [0.29, 0.717) is 11.1 Å². The van der Waals surface area contributed by atoms with Crippen LogP contribution >= 0.6 is 0 Å². The Balaban J connectivity index is 2.21. The van der Waals surface area contributed by atoms with E-state index in [9.17, 15) is 14.7 Å². The van der Waals surface area contributed by atoms with Crippen LogP contribution in [0.5, 0.6) is 0 Å². The van der Waals surface area contributed by atoms with Gasteiger partial charge in [-0.1, -0.05) is 12.1 Å². The number of aliphatic hydroxyl groups excluding tert-OH is 1. The van der Waals surface area contributed by atoms with Gasteiger partial charge in [-0.25, -0.2) is 0 Å². The van der Waals surface area contributed by atoms with E-state index in [4.69, 9.17) is 0 Å². The van der Waals surface area contributed by atoms with E-state index in [1.807, 2.05) is 24.3 Å². The molecule has 1 amide bonds. The Bertz CT molecular complexity index is 954. The predicted molar refractivity (Wildman–Crippen MR) is 93.1 cm³/mol. The second kappa shape index (κ2) is 6.33. The number of aromatic amines is 1. The topological polar surface area (TPSA) is 78.3 Å². The van der Waals surface area contributed by atoms with Crippen molar-refractivity contribution >= 4 is 16.8 Å². The Morgan fingerprint density at radius 1 is 1.29 bits per heavy atom. The minimum Gasteiger partial charge on any atom is -0.395 e. The SMILES string of the molecule is CN(C)C(=O)c1cccc(-c2cn(CCO)c(=O)c3[nH]ccc23)c1. The predicted octanol–water partition coefficient (Wildman–Crippen LogP) is 1.69. The van der Waals surface area contributed by atoms with Crippen molar-refractivity contribution in [1.82, 2.24) is 14.5 Å². The van der Waals surface area contributed by atoms with Crippen LogP contribution in [0.25, 0.3) is 22.0 Å². The molecular weight excluding hydrogens is 306 g/mol. The van der Waals surface area contributed by atoms with Crippen LogP contribution in [0.2, 0.25) is 0 Å². The molecular formula is C18H19N3O3. The van der Waals surface area contributed by atoms with Gasteiger partial charge in [0.15, 0.2) is 0 Å². The number of carbonyl (C=O) groups is 1.